The van der Waals surface area contributed by atoms with Crippen molar-refractivity contribution in [3.05, 3.63) is 82.1 Å². The van der Waals surface area contributed by atoms with Crippen LogP contribution in [0.3, 0.4) is 0 Å². The molecule has 0 aliphatic carbocycles. The van der Waals surface area contributed by atoms with Gasteiger partial charge in [0.25, 0.3) is 5.56 Å². The lowest BCUT2D eigenvalue weighted by atomic mass is 10.0. The number of anilines is 1. The lowest BCUT2D eigenvalue weighted by Gasteiger charge is -2.11. The molecule has 0 spiro atoms. The molecule has 0 aliphatic heterocycles. The van der Waals surface area contributed by atoms with E-state index in [-0.39, 0.29) is 15.8 Å². The van der Waals surface area contributed by atoms with Gasteiger partial charge in [0.2, 0.25) is 15.7 Å². The first-order valence-corrected chi connectivity index (χ1v) is 11.0. The minimum absolute atomic E-state index is 0.0777. The summed E-state index contributed by atoms with van der Waals surface area (Å²) >= 11 is 0. The third kappa shape index (κ3) is 4.65. The summed E-state index contributed by atoms with van der Waals surface area (Å²) < 4.78 is 26.7. The highest BCUT2D eigenvalue weighted by Gasteiger charge is 2.21. The van der Waals surface area contributed by atoms with Crippen molar-refractivity contribution in [3.8, 4) is 0 Å². The van der Waals surface area contributed by atoms with Gasteiger partial charge in [0, 0.05) is 11.8 Å². The van der Waals surface area contributed by atoms with Gasteiger partial charge in [-0.3, -0.25) is 9.59 Å². The topological polar surface area (TPSA) is 98.1 Å². The summed E-state index contributed by atoms with van der Waals surface area (Å²) in [6, 6.07) is 16.0. The fourth-order valence-electron chi connectivity index (χ4n) is 2.88. The summed E-state index contributed by atoms with van der Waals surface area (Å²) in [5.74, 6) is -0.205. The third-order valence-corrected chi connectivity index (χ3v) is 6.35. The second kappa shape index (κ2) is 8.62. The van der Waals surface area contributed by atoms with E-state index in [0.717, 1.165) is 27.9 Å². The molecule has 0 aliphatic rings. The van der Waals surface area contributed by atoms with Crippen LogP contribution in [0.4, 0.5) is 5.69 Å². The van der Waals surface area contributed by atoms with Crippen molar-refractivity contribution in [3.63, 3.8) is 0 Å². The number of aromatic nitrogens is 2. The van der Waals surface area contributed by atoms with Crippen molar-refractivity contribution in [1.82, 2.24) is 9.78 Å². The summed E-state index contributed by atoms with van der Waals surface area (Å²) in [4.78, 5) is 24.6. The molecule has 1 N–H and O–H groups in total. The fourth-order valence-corrected chi connectivity index (χ4v) is 4.07. The molecule has 0 atom stereocenters. The first-order chi connectivity index (χ1) is 14.2. The van der Waals surface area contributed by atoms with Crippen LogP contribution >= 0.6 is 0 Å². The standard InChI is InChI=1S/C22H23N3O4S/c1-15(2)17-8-10-18(11-9-17)30(28,29)21-12-13-22(27)25(24-21)14-20(26)23-19-7-5-4-6-16(19)3/h4-13,15H,14H2,1-3H3,(H,23,26). The molecule has 1 aromatic heterocycles. The van der Waals surface area contributed by atoms with Gasteiger partial charge < -0.3 is 5.32 Å². The smallest absolute Gasteiger partial charge is 0.267 e. The van der Waals surface area contributed by atoms with Gasteiger partial charge in [-0.25, -0.2) is 13.1 Å². The molecule has 1 amide bonds. The van der Waals surface area contributed by atoms with E-state index in [4.69, 9.17) is 0 Å². The van der Waals surface area contributed by atoms with Gasteiger partial charge in [0.05, 0.1) is 4.90 Å². The van der Waals surface area contributed by atoms with Crippen LogP contribution in [0.5, 0.6) is 0 Å². The summed E-state index contributed by atoms with van der Waals surface area (Å²) in [7, 11) is -3.92. The van der Waals surface area contributed by atoms with Crippen molar-refractivity contribution >= 4 is 21.4 Å². The highest BCUT2D eigenvalue weighted by Crippen LogP contribution is 2.21. The molecule has 8 heteroatoms. The van der Waals surface area contributed by atoms with Crippen LogP contribution in [0.1, 0.15) is 30.9 Å². The molecule has 0 fully saturated rings. The molecular weight excluding hydrogens is 402 g/mol. The normalized spacial score (nSPS) is 11.5. The van der Waals surface area contributed by atoms with E-state index in [1.165, 1.54) is 12.1 Å². The molecule has 156 valence electrons. The minimum atomic E-state index is -3.92. The zero-order chi connectivity index (χ0) is 21.9. The Morgan fingerprint density at radius 2 is 1.70 bits per heavy atom. The number of hydrogen-bond donors (Lipinski definition) is 1. The average molecular weight is 426 g/mol. The van der Waals surface area contributed by atoms with Crippen molar-refractivity contribution < 1.29 is 13.2 Å². The zero-order valence-electron chi connectivity index (χ0n) is 17.0. The Kier molecular flexibility index (Phi) is 6.17. The maximum atomic E-state index is 12.9. The number of para-hydroxylation sites is 1. The lowest BCUT2D eigenvalue weighted by molar-refractivity contribution is -0.117. The Bertz CT molecular complexity index is 1230. The van der Waals surface area contributed by atoms with E-state index < -0.39 is 27.8 Å². The van der Waals surface area contributed by atoms with Gasteiger partial charge >= 0.3 is 0 Å². The monoisotopic (exact) mass is 425 g/mol. The number of rotatable bonds is 6. The molecule has 3 aromatic rings. The van der Waals surface area contributed by atoms with E-state index in [1.54, 1.807) is 24.3 Å². The van der Waals surface area contributed by atoms with E-state index in [1.807, 2.05) is 32.9 Å². The second-order valence-corrected chi connectivity index (χ2v) is 9.15. The number of hydrogen-bond acceptors (Lipinski definition) is 5. The van der Waals surface area contributed by atoms with Gasteiger partial charge in [0.15, 0.2) is 5.03 Å². The SMILES string of the molecule is Cc1ccccc1NC(=O)Cn1nc(S(=O)(=O)c2ccc(C(C)C)cc2)ccc1=O. The molecule has 1 heterocycles. The lowest BCUT2D eigenvalue weighted by Crippen LogP contribution is -2.30. The van der Waals surface area contributed by atoms with Crippen LogP contribution in [-0.2, 0) is 21.2 Å². The van der Waals surface area contributed by atoms with Gasteiger partial charge in [-0.2, -0.15) is 5.10 Å². The summed E-state index contributed by atoms with van der Waals surface area (Å²) in [6.45, 7) is 5.48. The molecule has 0 bridgehead atoms. The Morgan fingerprint density at radius 3 is 2.33 bits per heavy atom. The van der Waals surface area contributed by atoms with Crippen molar-refractivity contribution in [2.24, 2.45) is 0 Å². The number of carbonyl (C=O) groups is 1. The zero-order valence-corrected chi connectivity index (χ0v) is 17.8. The molecular formula is C22H23N3O4S. The number of amides is 1. The molecule has 30 heavy (non-hydrogen) atoms. The number of carbonyl (C=O) groups excluding carboxylic acids is 1. The van der Waals surface area contributed by atoms with Gasteiger partial charge in [-0.15, -0.1) is 0 Å². The first-order valence-electron chi connectivity index (χ1n) is 9.47. The number of sulfone groups is 1. The number of nitrogens with zero attached hydrogens (tertiary/aromatic N) is 2. The predicted octanol–water partition coefficient (Wildman–Crippen LogP) is 3.15. The number of nitrogens with one attached hydrogen (secondary N) is 1. The molecule has 2 aromatic carbocycles. The summed E-state index contributed by atoms with van der Waals surface area (Å²) in [6.07, 6.45) is 0. The predicted molar refractivity (Wildman–Crippen MR) is 114 cm³/mol. The van der Waals surface area contributed by atoms with E-state index in [0.29, 0.717) is 5.69 Å². The Morgan fingerprint density at radius 1 is 1.03 bits per heavy atom. The average Bonchev–Trinajstić information content (AvgIpc) is 2.71. The molecule has 0 unspecified atom stereocenters. The molecule has 3 rings (SSSR count). The Hall–Kier alpha value is -3.26. The van der Waals surface area contributed by atoms with Crippen LogP contribution in [0.2, 0.25) is 0 Å². The number of aryl methyl sites for hydroxylation is 1. The van der Waals surface area contributed by atoms with Gasteiger partial charge in [-0.05, 0) is 48.2 Å². The van der Waals surface area contributed by atoms with Crippen LogP contribution in [0.15, 0.2) is 75.4 Å². The highest BCUT2D eigenvalue weighted by molar-refractivity contribution is 7.91. The molecule has 0 saturated carbocycles. The largest absolute Gasteiger partial charge is 0.324 e. The maximum absolute atomic E-state index is 12.9. The fraction of sp³-hybridized carbons (Fsp3) is 0.227. The molecule has 0 saturated heterocycles. The summed E-state index contributed by atoms with van der Waals surface area (Å²) in [5, 5.41) is 6.35. The first kappa shape index (κ1) is 21.4. The van der Waals surface area contributed by atoms with E-state index in [9.17, 15) is 18.0 Å². The van der Waals surface area contributed by atoms with Crippen LogP contribution in [-0.4, -0.2) is 24.1 Å². The van der Waals surface area contributed by atoms with Crippen molar-refractivity contribution in [1.29, 1.82) is 0 Å². The highest BCUT2D eigenvalue weighted by atomic mass is 32.2. The van der Waals surface area contributed by atoms with Crippen LogP contribution in [0, 0.1) is 6.92 Å². The Balaban J connectivity index is 1.86. The van der Waals surface area contributed by atoms with Crippen LogP contribution in [0.25, 0.3) is 0 Å². The van der Waals surface area contributed by atoms with E-state index in [2.05, 4.69) is 10.4 Å². The van der Waals surface area contributed by atoms with Crippen molar-refractivity contribution in [2.75, 3.05) is 5.32 Å². The van der Waals surface area contributed by atoms with Crippen molar-refractivity contribution in [2.45, 2.75) is 43.2 Å². The quantitative estimate of drug-likeness (QED) is 0.654. The maximum Gasteiger partial charge on any atom is 0.267 e. The second-order valence-electron chi connectivity index (χ2n) is 7.26. The van der Waals surface area contributed by atoms with Gasteiger partial charge in [-0.1, -0.05) is 44.2 Å². The molecule has 7 nitrogen and oxygen atoms in total. The van der Waals surface area contributed by atoms with Gasteiger partial charge in [0.1, 0.15) is 6.54 Å². The van der Waals surface area contributed by atoms with Crippen LogP contribution < -0.4 is 10.9 Å². The molecule has 0 radical (unpaired) electrons. The van der Waals surface area contributed by atoms with E-state index >= 15 is 0 Å². The number of benzene rings is 2. The minimum Gasteiger partial charge on any atom is -0.324 e. The Labute approximate surface area is 175 Å². The summed E-state index contributed by atoms with van der Waals surface area (Å²) in [5.41, 5.74) is 1.93. The third-order valence-electron chi connectivity index (χ3n) is 4.69.